The van der Waals surface area contributed by atoms with Crippen molar-refractivity contribution in [1.82, 2.24) is 0 Å². The van der Waals surface area contributed by atoms with E-state index >= 15 is 0 Å². The minimum Gasteiger partial charge on any atom is -0.198 e. The Morgan fingerprint density at radius 3 is 2.55 bits per heavy atom. The SMILES string of the molecule is CCC1=C(I)[C@@](CC)(CC#N)C=C[C@H]1Sc1ccc(Cl)cc1. The summed E-state index contributed by atoms with van der Waals surface area (Å²) in [5.74, 6) is 0. The van der Waals surface area contributed by atoms with Gasteiger partial charge in [0.25, 0.3) is 0 Å². The predicted molar refractivity (Wildman–Crippen MR) is 105 cm³/mol. The third-order valence-electron chi connectivity index (χ3n) is 4.14. The molecule has 0 N–H and O–H groups in total. The molecule has 1 aliphatic rings. The maximum atomic E-state index is 9.19. The molecule has 0 aliphatic heterocycles. The van der Waals surface area contributed by atoms with Crippen molar-refractivity contribution in [2.75, 3.05) is 0 Å². The molecule has 0 unspecified atom stereocenters. The zero-order valence-electron chi connectivity index (χ0n) is 12.8. The molecule has 4 heteroatoms. The Morgan fingerprint density at radius 1 is 1.32 bits per heavy atom. The molecule has 116 valence electrons. The fourth-order valence-corrected chi connectivity index (χ4v) is 5.68. The molecule has 22 heavy (non-hydrogen) atoms. The largest absolute Gasteiger partial charge is 0.198 e. The van der Waals surface area contributed by atoms with E-state index in [-0.39, 0.29) is 5.41 Å². The number of nitrogens with zero attached hydrogens (tertiary/aromatic N) is 1. The van der Waals surface area contributed by atoms with Crippen LogP contribution in [0.1, 0.15) is 33.1 Å². The van der Waals surface area contributed by atoms with E-state index < -0.39 is 0 Å². The van der Waals surface area contributed by atoms with Crippen LogP contribution in [0.15, 0.2) is 50.5 Å². The van der Waals surface area contributed by atoms with E-state index in [1.807, 2.05) is 23.9 Å². The third kappa shape index (κ3) is 3.72. The lowest BCUT2D eigenvalue weighted by atomic mass is 9.76. The van der Waals surface area contributed by atoms with Crippen molar-refractivity contribution >= 4 is 46.0 Å². The normalized spacial score (nSPS) is 24.4. The summed E-state index contributed by atoms with van der Waals surface area (Å²) in [5, 5.41) is 10.3. The second-order valence-electron chi connectivity index (χ2n) is 5.39. The quantitative estimate of drug-likeness (QED) is 0.370. The van der Waals surface area contributed by atoms with E-state index in [4.69, 9.17) is 11.6 Å². The molecule has 2 rings (SSSR count). The topological polar surface area (TPSA) is 23.8 Å². The van der Waals surface area contributed by atoms with Gasteiger partial charge in [-0.25, -0.2) is 0 Å². The molecule has 0 bridgehead atoms. The van der Waals surface area contributed by atoms with Crippen molar-refractivity contribution in [1.29, 1.82) is 5.26 Å². The van der Waals surface area contributed by atoms with Crippen LogP contribution >= 0.6 is 46.0 Å². The highest BCUT2D eigenvalue weighted by atomic mass is 127. The van der Waals surface area contributed by atoms with E-state index in [0.717, 1.165) is 17.9 Å². The number of thioether (sulfide) groups is 1. The van der Waals surface area contributed by atoms with Crippen LogP contribution in [-0.4, -0.2) is 5.25 Å². The van der Waals surface area contributed by atoms with Gasteiger partial charge in [0, 0.05) is 30.6 Å². The van der Waals surface area contributed by atoms with E-state index in [2.05, 4.69) is 66.8 Å². The Balaban J connectivity index is 2.30. The van der Waals surface area contributed by atoms with Crippen molar-refractivity contribution in [3.05, 3.63) is 50.6 Å². The fraction of sp³-hybridized carbons (Fsp3) is 0.389. The maximum absolute atomic E-state index is 9.19. The summed E-state index contributed by atoms with van der Waals surface area (Å²) in [6, 6.07) is 10.4. The van der Waals surface area contributed by atoms with Crippen LogP contribution in [0.3, 0.4) is 0 Å². The Hall–Kier alpha value is -0.440. The van der Waals surface area contributed by atoms with Crippen LogP contribution in [0.4, 0.5) is 0 Å². The molecule has 0 amide bonds. The van der Waals surface area contributed by atoms with Gasteiger partial charge in [-0.05, 0) is 65.3 Å². The molecule has 1 aliphatic carbocycles. The molecule has 1 aromatic rings. The summed E-state index contributed by atoms with van der Waals surface area (Å²) in [6.45, 7) is 4.37. The van der Waals surface area contributed by atoms with Gasteiger partial charge in [-0.2, -0.15) is 5.26 Å². The second-order valence-corrected chi connectivity index (χ2v) is 8.12. The summed E-state index contributed by atoms with van der Waals surface area (Å²) in [6.07, 6.45) is 7.07. The van der Waals surface area contributed by atoms with Crippen LogP contribution in [0.5, 0.6) is 0 Å². The van der Waals surface area contributed by atoms with E-state index in [1.165, 1.54) is 14.0 Å². The molecular formula is C18H19ClINS. The average molecular weight is 444 g/mol. The van der Waals surface area contributed by atoms with Crippen molar-refractivity contribution in [2.24, 2.45) is 5.41 Å². The number of allylic oxidation sites excluding steroid dienone is 2. The summed E-state index contributed by atoms with van der Waals surface area (Å²) in [4.78, 5) is 1.22. The number of hydrogen-bond acceptors (Lipinski definition) is 2. The Kier molecular flexibility index (Phi) is 6.43. The minimum atomic E-state index is -0.0856. The van der Waals surface area contributed by atoms with Crippen molar-refractivity contribution in [3.8, 4) is 6.07 Å². The molecule has 0 heterocycles. The van der Waals surface area contributed by atoms with Crippen LogP contribution < -0.4 is 0 Å². The van der Waals surface area contributed by atoms with E-state index in [0.29, 0.717) is 11.7 Å². The third-order valence-corrected chi connectivity index (χ3v) is 7.39. The maximum Gasteiger partial charge on any atom is 0.0634 e. The lowest BCUT2D eigenvalue weighted by molar-refractivity contribution is 0.469. The molecule has 0 fully saturated rings. The molecule has 0 saturated carbocycles. The Morgan fingerprint density at radius 2 is 2.00 bits per heavy atom. The van der Waals surface area contributed by atoms with E-state index in [1.54, 1.807) is 0 Å². The van der Waals surface area contributed by atoms with E-state index in [9.17, 15) is 5.26 Å². The summed E-state index contributed by atoms with van der Waals surface area (Å²) < 4.78 is 1.35. The first-order chi connectivity index (χ1) is 10.6. The summed E-state index contributed by atoms with van der Waals surface area (Å²) >= 11 is 10.3. The smallest absolute Gasteiger partial charge is 0.0634 e. The zero-order chi connectivity index (χ0) is 16.2. The first kappa shape index (κ1) is 17.9. The molecule has 1 nitrogen and oxygen atoms in total. The Bertz CT molecular complexity index is 629. The van der Waals surface area contributed by atoms with Crippen molar-refractivity contribution < 1.29 is 0 Å². The lowest BCUT2D eigenvalue weighted by Gasteiger charge is -2.35. The Labute approximate surface area is 156 Å². The predicted octanol–water partition coefficient (Wildman–Crippen LogP) is 6.78. The summed E-state index contributed by atoms with van der Waals surface area (Å²) in [7, 11) is 0. The van der Waals surface area contributed by atoms with Crippen molar-refractivity contribution in [3.63, 3.8) is 0 Å². The molecular weight excluding hydrogens is 425 g/mol. The monoisotopic (exact) mass is 443 g/mol. The number of benzene rings is 1. The number of nitriles is 1. The molecule has 0 saturated heterocycles. The number of rotatable bonds is 5. The highest BCUT2D eigenvalue weighted by molar-refractivity contribution is 14.1. The molecule has 0 aromatic heterocycles. The van der Waals surface area contributed by atoms with Crippen molar-refractivity contribution in [2.45, 2.75) is 43.3 Å². The fourth-order valence-electron chi connectivity index (χ4n) is 2.71. The van der Waals surface area contributed by atoms with Gasteiger partial charge in [0.1, 0.15) is 0 Å². The molecule has 0 radical (unpaired) electrons. The first-order valence-electron chi connectivity index (χ1n) is 7.44. The van der Waals surface area contributed by atoms with Gasteiger partial charge in [0.15, 0.2) is 0 Å². The highest BCUT2D eigenvalue weighted by Crippen LogP contribution is 2.49. The average Bonchev–Trinajstić information content (AvgIpc) is 2.53. The zero-order valence-corrected chi connectivity index (χ0v) is 16.5. The van der Waals surface area contributed by atoms with Crippen LogP contribution in [-0.2, 0) is 0 Å². The van der Waals surface area contributed by atoms with Crippen LogP contribution in [0.2, 0.25) is 5.02 Å². The molecule has 1 aromatic carbocycles. The van der Waals surface area contributed by atoms with Gasteiger partial charge in [-0.1, -0.05) is 37.6 Å². The van der Waals surface area contributed by atoms with Gasteiger partial charge in [-0.3, -0.25) is 0 Å². The van der Waals surface area contributed by atoms with Gasteiger partial charge < -0.3 is 0 Å². The van der Waals surface area contributed by atoms with Gasteiger partial charge in [0.05, 0.1) is 6.07 Å². The lowest BCUT2D eigenvalue weighted by Crippen LogP contribution is -2.24. The number of halogens is 2. The highest BCUT2D eigenvalue weighted by Gasteiger charge is 2.35. The summed E-state index contributed by atoms with van der Waals surface area (Å²) in [5.41, 5.74) is 1.36. The van der Waals surface area contributed by atoms with Gasteiger partial charge >= 0.3 is 0 Å². The molecule has 0 spiro atoms. The van der Waals surface area contributed by atoms with Crippen LogP contribution in [0.25, 0.3) is 0 Å². The standard InChI is InChI=1S/C18H19ClINS/c1-3-15-16(22-14-7-5-13(19)6-8-14)9-10-18(4-2,11-12-21)17(15)20/h5-10,16H,3-4,11H2,1-2H3/t16-,18-/m1/s1. The van der Waals surface area contributed by atoms with Gasteiger partial charge in [-0.15, -0.1) is 11.8 Å². The van der Waals surface area contributed by atoms with Gasteiger partial charge in [0.2, 0.25) is 0 Å². The molecule has 2 atom stereocenters. The minimum absolute atomic E-state index is 0.0856. The second kappa shape index (κ2) is 7.90. The van der Waals surface area contributed by atoms with Crippen LogP contribution in [0, 0.1) is 16.7 Å². The number of hydrogen-bond donors (Lipinski definition) is 0. The first-order valence-corrected chi connectivity index (χ1v) is 9.77.